The Morgan fingerprint density at radius 1 is 0.821 bits per heavy atom. The van der Waals surface area contributed by atoms with Crippen LogP contribution >= 0.6 is 0 Å². The van der Waals surface area contributed by atoms with Gasteiger partial charge in [0.2, 0.25) is 11.8 Å². The van der Waals surface area contributed by atoms with Crippen molar-refractivity contribution in [3.63, 3.8) is 0 Å². The van der Waals surface area contributed by atoms with E-state index in [2.05, 4.69) is 28.6 Å². The first kappa shape index (κ1) is 31.2. The fraction of sp³-hybridized carbons (Fsp3) is 0.706. The monoisotopic (exact) mass is 537 g/mol. The van der Waals surface area contributed by atoms with E-state index >= 15 is 0 Å². The summed E-state index contributed by atoms with van der Waals surface area (Å²) in [4.78, 5) is 29.5. The summed E-state index contributed by atoms with van der Waals surface area (Å²) in [6.07, 6.45) is 26.3. The number of aromatic nitrogens is 1. The van der Waals surface area contributed by atoms with Gasteiger partial charge >= 0.3 is 0 Å². The highest BCUT2D eigenvalue weighted by Crippen LogP contribution is 2.24. The highest BCUT2D eigenvalue weighted by molar-refractivity contribution is 5.90. The first-order valence-electron chi connectivity index (χ1n) is 16.3. The Kier molecular flexibility index (Phi) is 15.1. The van der Waals surface area contributed by atoms with Gasteiger partial charge in [0, 0.05) is 36.0 Å². The second kappa shape index (κ2) is 18.9. The standard InChI is InChI=1S/C34H55N3O2/c1-2-3-4-5-6-7-8-9-10-11-12-13-14-20-25-35-34(39)32(37-33(38)28-21-16-15-17-22-28)26-29-27-36-31-24-19-18-23-30(29)31/h18-19,23-24,27-28,32,36H,2-17,20-22,25-26H2,1H3,(H,35,39)(H,37,38). The first-order chi connectivity index (χ1) is 19.2. The summed E-state index contributed by atoms with van der Waals surface area (Å²) in [7, 11) is 0. The van der Waals surface area contributed by atoms with E-state index in [1.807, 2.05) is 24.4 Å². The van der Waals surface area contributed by atoms with E-state index in [1.165, 1.54) is 83.5 Å². The van der Waals surface area contributed by atoms with Gasteiger partial charge in [0.15, 0.2) is 0 Å². The Hall–Kier alpha value is -2.30. The van der Waals surface area contributed by atoms with Crippen LogP contribution in [0, 0.1) is 5.92 Å². The average molecular weight is 538 g/mol. The lowest BCUT2D eigenvalue weighted by molar-refractivity contribution is -0.131. The molecule has 5 nitrogen and oxygen atoms in total. The number of carbonyl (C=O) groups excluding carboxylic acids is 2. The number of hydrogen-bond donors (Lipinski definition) is 3. The predicted molar refractivity (Wildman–Crippen MR) is 164 cm³/mol. The lowest BCUT2D eigenvalue weighted by Crippen LogP contribution is -2.50. The molecule has 0 radical (unpaired) electrons. The van der Waals surface area contributed by atoms with Crippen LogP contribution in [-0.4, -0.2) is 29.4 Å². The van der Waals surface area contributed by atoms with Crippen molar-refractivity contribution < 1.29 is 9.59 Å². The molecule has 1 aromatic heterocycles. The molecular formula is C34H55N3O2. The van der Waals surface area contributed by atoms with Crippen molar-refractivity contribution in [1.29, 1.82) is 0 Å². The Labute approximate surface area is 237 Å². The topological polar surface area (TPSA) is 74.0 Å². The smallest absolute Gasteiger partial charge is 0.242 e. The largest absolute Gasteiger partial charge is 0.361 e. The fourth-order valence-electron chi connectivity index (χ4n) is 6.04. The maximum Gasteiger partial charge on any atom is 0.242 e. The predicted octanol–water partition coefficient (Wildman–Crippen LogP) is 8.37. The number of nitrogens with one attached hydrogen (secondary N) is 3. The van der Waals surface area contributed by atoms with Crippen LogP contribution in [0.4, 0.5) is 0 Å². The molecule has 1 aliphatic rings. The Bertz CT molecular complexity index is 947. The van der Waals surface area contributed by atoms with Crippen LogP contribution in [0.2, 0.25) is 0 Å². The summed E-state index contributed by atoms with van der Waals surface area (Å²) in [5.41, 5.74) is 2.14. The van der Waals surface area contributed by atoms with Crippen LogP contribution in [0.5, 0.6) is 0 Å². The van der Waals surface area contributed by atoms with Crippen molar-refractivity contribution in [2.75, 3.05) is 6.54 Å². The quantitative estimate of drug-likeness (QED) is 0.148. The molecule has 1 atom stereocenters. The minimum Gasteiger partial charge on any atom is -0.361 e. The second-order valence-corrected chi connectivity index (χ2v) is 11.8. The van der Waals surface area contributed by atoms with Crippen LogP contribution in [0.15, 0.2) is 30.5 Å². The lowest BCUT2D eigenvalue weighted by atomic mass is 9.88. The highest BCUT2D eigenvalue weighted by atomic mass is 16.2. The van der Waals surface area contributed by atoms with E-state index in [1.54, 1.807) is 0 Å². The molecule has 0 saturated heterocycles. The van der Waals surface area contributed by atoms with Crippen LogP contribution in [0.3, 0.4) is 0 Å². The van der Waals surface area contributed by atoms with Gasteiger partial charge in [0.1, 0.15) is 6.04 Å². The van der Waals surface area contributed by atoms with Gasteiger partial charge in [-0.05, 0) is 30.9 Å². The number of benzene rings is 1. The second-order valence-electron chi connectivity index (χ2n) is 11.8. The van der Waals surface area contributed by atoms with E-state index < -0.39 is 6.04 Å². The molecule has 0 bridgehead atoms. The van der Waals surface area contributed by atoms with Crippen LogP contribution in [-0.2, 0) is 16.0 Å². The number of unbranched alkanes of at least 4 members (excludes halogenated alkanes) is 13. The molecule has 218 valence electrons. The van der Waals surface area contributed by atoms with Gasteiger partial charge in [-0.3, -0.25) is 9.59 Å². The summed E-state index contributed by atoms with van der Waals surface area (Å²) in [5, 5.41) is 7.38. The summed E-state index contributed by atoms with van der Waals surface area (Å²) >= 11 is 0. The van der Waals surface area contributed by atoms with Crippen LogP contribution in [0.25, 0.3) is 10.9 Å². The molecule has 5 heteroatoms. The van der Waals surface area contributed by atoms with E-state index in [-0.39, 0.29) is 17.7 Å². The SMILES string of the molecule is CCCCCCCCCCCCCCCCNC(=O)C(Cc1c[nH]c2ccccc12)NC(=O)C1CCCCC1. The maximum absolute atomic E-state index is 13.2. The summed E-state index contributed by atoms with van der Waals surface area (Å²) in [6.45, 7) is 2.96. The summed E-state index contributed by atoms with van der Waals surface area (Å²) < 4.78 is 0. The van der Waals surface area contributed by atoms with Crippen LogP contribution < -0.4 is 10.6 Å². The minimum absolute atomic E-state index is 0.0443. The molecule has 0 aliphatic heterocycles. The van der Waals surface area contributed by atoms with Gasteiger partial charge in [0.25, 0.3) is 0 Å². The van der Waals surface area contributed by atoms with Gasteiger partial charge in [0.05, 0.1) is 0 Å². The molecule has 3 N–H and O–H groups in total. The fourth-order valence-corrected chi connectivity index (χ4v) is 6.04. The molecule has 3 rings (SSSR count). The molecule has 39 heavy (non-hydrogen) atoms. The average Bonchev–Trinajstić information content (AvgIpc) is 3.37. The zero-order valence-corrected chi connectivity index (χ0v) is 24.7. The molecule has 1 unspecified atom stereocenters. The van der Waals surface area contributed by atoms with E-state index in [4.69, 9.17) is 0 Å². The van der Waals surface area contributed by atoms with Crippen LogP contribution in [0.1, 0.15) is 134 Å². The van der Waals surface area contributed by atoms with Crippen molar-refractivity contribution in [2.24, 2.45) is 5.92 Å². The molecule has 1 aliphatic carbocycles. The van der Waals surface area contributed by atoms with E-state index in [0.717, 1.165) is 55.0 Å². The lowest BCUT2D eigenvalue weighted by Gasteiger charge is -2.24. The van der Waals surface area contributed by atoms with Crippen molar-refractivity contribution in [1.82, 2.24) is 15.6 Å². The van der Waals surface area contributed by atoms with E-state index in [0.29, 0.717) is 13.0 Å². The van der Waals surface area contributed by atoms with Crippen molar-refractivity contribution >= 4 is 22.7 Å². The van der Waals surface area contributed by atoms with Gasteiger partial charge in [-0.1, -0.05) is 128 Å². The zero-order chi connectivity index (χ0) is 27.5. The third kappa shape index (κ3) is 11.8. The van der Waals surface area contributed by atoms with Crippen molar-refractivity contribution in [3.8, 4) is 0 Å². The van der Waals surface area contributed by atoms with E-state index in [9.17, 15) is 9.59 Å². The minimum atomic E-state index is -0.537. The molecule has 0 spiro atoms. The molecule has 1 saturated carbocycles. The van der Waals surface area contributed by atoms with Crippen molar-refractivity contribution in [3.05, 3.63) is 36.0 Å². The number of carbonyl (C=O) groups is 2. The maximum atomic E-state index is 13.2. The van der Waals surface area contributed by atoms with Gasteiger partial charge in [-0.15, -0.1) is 0 Å². The summed E-state index contributed by atoms with van der Waals surface area (Å²) in [5.74, 6) is 0.0353. The normalized spacial score (nSPS) is 14.9. The first-order valence-corrected chi connectivity index (χ1v) is 16.3. The molecule has 2 amide bonds. The molecule has 1 heterocycles. The number of hydrogen-bond acceptors (Lipinski definition) is 2. The van der Waals surface area contributed by atoms with Crippen molar-refractivity contribution in [2.45, 2.75) is 141 Å². The number of aromatic amines is 1. The number of rotatable bonds is 20. The Balaban J connectivity index is 1.33. The molecule has 2 aromatic rings. The van der Waals surface area contributed by atoms with Gasteiger partial charge in [-0.2, -0.15) is 0 Å². The van der Waals surface area contributed by atoms with Gasteiger partial charge in [-0.25, -0.2) is 0 Å². The third-order valence-electron chi connectivity index (χ3n) is 8.54. The number of fused-ring (bicyclic) bond motifs is 1. The zero-order valence-electron chi connectivity index (χ0n) is 24.7. The number of amides is 2. The molecular weight excluding hydrogens is 482 g/mol. The number of H-pyrrole nitrogens is 1. The molecule has 1 fully saturated rings. The Morgan fingerprint density at radius 2 is 1.41 bits per heavy atom. The van der Waals surface area contributed by atoms with Gasteiger partial charge < -0.3 is 15.6 Å². The Morgan fingerprint density at radius 3 is 2.05 bits per heavy atom. The number of para-hydroxylation sites is 1. The third-order valence-corrected chi connectivity index (χ3v) is 8.54. The summed E-state index contributed by atoms with van der Waals surface area (Å²) in [6, 6.07) is 7.61. The molecule has 1 aromatic carbocycles. The highest BCUT2D eigenvalue weighted by Gasteiger charge is 2.27.